The molecule has 0 saturated carbocycles. The first-order valence-electron chi connectivity index (χ1n) is 7.82. The van der Waals surface area contributed by atoms with Crippen molar-refractivity contribution in [2.75, 3.05) is 51.0 Å². The molecule has 140 valence electrons. The Labute approximate surface area is 153 Å². The Kier molecular flexibility index (Phi) is 8.89. The lowest BCUT2D eigenvalue weighted by atomic mass is 10.3. The number of piperazine rings is 1. The number of sulfonamides is 1. The SMILES string of the molecule is CSC(C)C(=O)NCCS(=O)(=O)N1CCN(C(=O)C(C)SC)CC1. The summed E-state index contributed by atoms with van der Waals surface area (Å²) in [6.45, 7) is 5.19. The quantitative estimate of drug-likeness (QED) is 0.624. The third kappa shape index (κ3) is 6.12. The number of hydrogen-bond donors (Lipinski definition) is 1. The number of nitrogens with zero attached hydrogens (tertiary/aromatic N) is 2. The maximum absolute atomic E-state index is 12.3. The van der Waals surface area contributed by atoms with Gasteiger partial charge in [0.1, 0.15) is 0 Å². The van der Waals surface area contributed by atoms with Gasteiger partial charge in [-0.05, 0) is 26.4 Å². The summed E-state index contributed by atoms with van der Waals surface area (Å²) in [5, 5.41) is 2.34. The molecular weight excluding hydrogens is 370 g/mol. The second kappa shape index (κ2) is 9.88. The molecule has 1 fully saturated rings. The van der Waals surface area contributed by atoms with Crippen molar-refractivity contribution in [3.8, 4) is 0 Å². The first kappa shape index (κ1) is 21.6. The number of carbonyl (C=O) groups excluding carboxylic acids is 2. The van der Waals surface area contributed by atoms with Crippen LogP contribution in [-0.2, 0) is 19.6 Å². The fourth-order valence-electron chi connectivity index (χ4n) is 2.23. The highest BCUT2D eigenvalue weighted by Gasteiger charge is 2.30. The van der Waals surface area contributed by atoms with E-state index in [0.717, 1.165) is 0 Å². The normalized spacial score (nSPS) is 18.9. The molecule has 2 amide bonds. The number of amides is 2. The van der Waals surface area contributed by atoms with Crippen LogP contribution in [0.2, 0.25) is 0 Å². The van der Waals surface area contributed by atoms with Crippen LogP contribution in [0.4, 0.5) is 0 Å². The molecule has 0 spiro atoms. The van der Waals surface area contributed by atoms with Gasteiger partial charge in [0, 0.05) is 32.7 Å². The van der Waals surface area contributed by atoms with E-state index in [2.05, 4.69) is 5.32 Å². The fraction of sp³-hybridized carbons (Fsp3) is 0.857. The van der Waals surface area contributed by atoms with Crippen molar-refractivity contribution >= 4 is 45.4 Å². The number of nitrogens with one attached hydrogen (secondary N) is 1. The van der Waals surface area contributed by atoms with Gasteiger partial charge in [0.2, 0.25) is 21.8 Å². The third-order valence-corrected chi connectivity index (χ3v) is 7.73. The molecule has 2 atom stereocenters. The smallest absolute Gasteiger partial charge is 0.235 e. The zero-order valence-electron chi connectivity index (χ0n) is 14.6. The maximum atomic E-state index is 12.3. The van der Waals surface area contributed by atoms with E-state index in [0.29, 0.717) is 26.2 Å². The highest BCUT2D eigenvalue weighted by atomic mass is 32.2. The van der Waals surface area contributed by atoms with Crippen molar-refractivity contribution in [1.29, 1.82) is 0 Å². The van der Waals surface area contributed by atoms with Crippen LogP contribution in [0.15, 0.2) is 0 Å². The van der Waals surface area contributed by atoms with Crippen molar-refractivity contribution in [2.24, 2.45) is 0 Å². The molecule has 0 bridgehead atoms. The molecule has 0 aromatic carbocycles. The molecular formula is C14H27N3O4S3. The standard InChI is InChI=1S/C14H27N3O4S3/c1-11(22-3)13(18)15-5-10-24(20,21)17-8-6-16(7-9-17)14(19)12(2)23-4/h11-12H,5-10H2,1-4H3,(H,15,18). The van der Waals surface area contributed by atoms with Crippen LogP contribution in [-0.4, -0.2) is 90.9 Å². The molecule has 0 aromatic rings. The Morgan fingerprint density at radius 2 is 1.58 bits per heavy atom. The van der Waals surface area contributed by atoms with Gasteiger partial charge in [-0.25, -0.2) is 8.42 Å². The minimum Gasteiger partial charge on any atom is -0.354 e. The molecule has 10 heteroatoms. The van der Waals surface area contributed by atoms with Gasteiger partial charge in [-0.2, -0.15) is 27.8 Å². The van der Waals surface area contributed by atoms with E-state index in [1.165, 1.54) is 27.8 Å². The Morgan fingerprint density at radius 1 is 1.04 bits per heavy atom. The van der Waals surface area contributed by atoms with Crippen LogP contribution in [0.3, 0.4) is 0 Å². The van der Waals surface area contributed by atoms with E-state index in [1.807, 2.05) is 19.4 Å². The van der Waals surface area contributed by atoms with Gasteiger partial charge in [0.15, 0.2) is 0 Å². The minimum atomic E-state index is -3.42. The zero-order valence-corrected chi connectivity index (χ0v) is 17.1. The van der Waals surface area contributed by atoms with Gasteiger partial charge in [-0.15, -0.1) is 0 Å². The second-order valence-corrected chi connectivity index (χ2v) is 10.0. The van der Waals surface area contributed by atoms with Gasteiger partial charge in [0.05, 0.1) is 16.3 Å². The highest BCUT2D eigenvalue weighted by Crippen LogP contribution is 2.13. The van der Waals surface area contributed by atoms with Gasteiger partial charge in [-0.3, -0.25) is 9.59 Å². The Bertz CT molecular complexity index is 533. The lowest BCUT2D eigenvalue weighted by Crippen LogP contribution is -2.53. The highest BCUT2D eigenvalue weighted by molar-refractivity contribution is 8.00. The lowest BCUT2D eigenvalue weighted by molar-refractivity contribution is -0.131. The summed E-state index contributed by atoms with van der Waals surface area (Å²) in [7, 11) is -3.42. The molecule has 1 rings (SSSR count). The molecule has 2 unspecified atom stereocenters. The van der Waals surface area contributed by atoms with Gasteiger partial charge in [0.25, 0.3) is 0 Å². The summed E-state index contributed by atoms with van der Waals surface area (Å²) in [6, 6.07) is 0. The molecule has 0 radical (unpaired) electrons. The number of carbonyl (C=O) groups is 2. The van der Waals surface area contributed by atoms with Crippen molar-refractivity contribution < 1.29 is 18.0 Å². The van der Waals surface area contributed by atoms with Gasteiger partial charge in [-0.1, -0.05) is 0 Å². The van der Waals surface area contributed by atoms with Crippen LogP contribution in [0.1, 0.15) is 13.8 Å². The van der Waals surface area contributed by atoms with E-state index in [1.54, 1.807) is 11.8 Å². The Hall–Kier alpha value is -0.450. The largest absolute Gasteiger partial charge is 0.354 e. The van der Waals surface area contributed by atoms with Gasteiger partial charge >= 0.3 is 0 Å². The predicted molar refractivity (Wildman–Crippen MR) is 101 cm³/mol. The predicted octanol–water partition coefficient (Wildman–Crippen LogP) is 0.0796. The molecule has 0 aromatic heterocycles. The van der Waals surface area contributed by atoms with E-state index in [9.17, 15) is 18.0 Å². The maximum Gasteiger partial charge on any atom is 0.235 e. The topological polar surface area (TPSA) is 86.8 Å². The molecule has 1 N–H and O–H groups in total. The fourth-order valence-corrected chi connectivity index (χ4v) is 4.21. The summed E-state index contributed by atoms with van der Waals surface area (Å²) in [5.41, 5.74) is 0. The summed E-state index contributed by atoms with van der Waals surface area (Å²) in [5.74, 6) is -0.216. The number of rotatable bonds is 8. The van der Waals surface area contributed by atoms with E-state index >= 15 is 0 Å². The molecule has 7 nitrogen and oxygen atoms in total. The number of thioether (sulfide) groups is 2. The molecule has 1 aliphatic rings. The van der Waals surface area contributed by atoms with E-state index in [-0.39, 0.29) is 34.6 Å². The first-order valence-corrected chi connectivity index (χ1v) is 12.0. The first-order chi connectivity index (χ1) is 11.2. The van der Waals surface area contributed by atoms with E-state index in [4.69, 9.17) is 0 Å². The Balaban J connectivity index is 2.45. The van der Waals surface area contributed by atoms with Crippen LogP contribution in [0, 0.1) is 0 Å². The summed E-state index contributed by atoms with van der Waals surface area (Å²) in [6.07, 6.45) is 3.72. The van der Waals surface area contributed by atoms with Crippen molar-refractivity contribution in [3.63, 3.8) is 0 Å². The molecule has 1 aliphatic heterocycles. The molecule has 0 aliphatic carbocycles. The van der Waals surface area contributed by atoms with Gasteiger partial charge < -0.3 is 10.2 Å². The summed E-state index contributed by atoms with van der Waals surface area (Å²) in [4.78, 5) is 25.5. The summed E-state index contributed by atoms with van der Waals surface area (Å²) < 4.78 is 26.1. The van der Waals surface area contributed by atoms with Crippen LogP contribution < -0.4 is 5.32 Å². The molecule has 1 saturated heterocycles. The average molecular weight is 398 g/mol. The van der Waals surface area contributed by atoms with E-state index < -0.39 is 10.0 Å². The van der Waals surface area contributed by atoms with Crippen molar-refractivity contribution in [3.05, 3.63) is 0 Å². The zero-order chi connectivity index (χ0) is 18.3. The van der Waals surface area contributed by atoms with Crippen molar-refractivity contribution in [2.45, 2.75) is 24.3 Å². The van der Waals surface area contributed by atoms with Crippen molar-refractivity contribution in [1.82, 2.24) is 14.5 Å². The second-order valence-electron chi connectivity index (χ2n) is 5.59. The molecule has 24 heavy (non-hydrogen) atoms. The monoisotopic (exact) mass is 397 g/mol. The average Bonchev–Trinajstić information content (AvgIpc) is 2.59. The minimum absolute atomic E-state index is 0.0536. The van der Waals surface area contributed by atoms with Crippen LogP contribution in [0.5, 0.6) is 0 Å². The third-order valence-electron chi connectivity index (χ3n) is 4.03. The number of hydrogen-bond acceptors (Lipinski definition) is 6. The molecule has 1 heterocycles. The summed E-state index contributed by atoms with van der Waals surface area (Å²) >= 11 is 2.90. The lowest BCUT2D eigenvalue weighted by Gasteiger charge is -2.35. The van der Waals surface area contributed by atoms with Crippen LogP contribution >= 0.6 is 23.5 Å². The Morgan fingerprint density at radius 3 is 2.08 bits per heavy atom. The van der Waals surface area contributed by atoms with Crippen LogP contribution in [0.25, 0.3) is 0 Å².